The van der Waals surface area contributed by atoms with E-state index in [0.717, 1.165) is 27.3 Å². The molecule has 0 aliphatic heterocycles. The summed E-state index contributed by atoms with van der Waals surface area (Å²) in [5, 5.41) is 7.13. The second-order valence-electron chi connectivity index (χ2n) is 6.81. The van der Waals surface area contributed by atoms with E-state index in [1.165, 1.54) is 4.40 Å². The van der Waals surface area contributed by atoms with E-state index in [0.29, 0.717) is 18.0 Å². The summed E-state index contributed by atoms with van der Waals surface area (Å²) in [6, 6.07) is 18.8. The number of benzene rings is 2. The summed E-state index contributed by atoms with van der Waals surface area (Å²) in [6.45, 7) is 1.93. The van der Waals surface area contributed by atoms with Crippen LogP contribution >= 0.6 is 0 Å². The third-order valence-corrected chi connectivity index (χ3v) is 4.75. The first-order valence-corrected chi connectivity index (χ1v) is 9.47. The van der Waals surface area contributed by atoms with Crippen molar-refractivity contribution in [1.29, 1.82) is 0 Å². The number of amides is 1. The largest absolute Gasteiger partial charge is 0.497 e. The van der Waals surface area contributed by atoms with Crippen LogP contribution in [-0.2, 0) is 17.9 Å². The molecule has 2 aromatic heterocycles. The van der Waals surface area contributed by atoms with E-state index in [2.05, 4.69) is 15.4 Å². The molecule has 0 atom stereocenters. The number of hydrogen-bond donors (Lipinski definition) is 1. The molecule has 1 amide bonds. The molecule has 4 rings (SSSR count). The van der Waals surface area contributed by atoms with Crippen molar-refractivity contribution in [3.8, 4) is 17.0 Å². The topological polar surface area (TPSA) is 90.5 Å². The highest BCUT2D eigenvalue weighted by atomic mass is 16.5. The van der Waals surface area contributed by atoms with Crippen molar-refractivity contribution < 1.29 is 9.53 Å². The second-order valence-corrected chi connectivity index (χ2v) is 6.81. The smallest absolute Gasteiger partial charge is 0.352 e. The number of nitrogens with one attached hydrogen (secondary N) is 1. The lowest BCUT2D eigenvalue weighted by atomic mass is 10.1. The Balaban J connectivity index is 1.52. The molecule has 0 saturated carbocycles. The summed E-state index contributed by atoms with van der Waals surface area (Å²) in [5.41, 5.74) is 2.65. The second kappa shape index (κ2) is 8.20. The number of carbonyl (C=O) groups is 1. The number of aryl methyl sites for hydroxylation is 1. The van der Waals surface area contributed by atoms with Gasteiger partial charge in [0.15, 0.2) is 5.65 Å². The zero-order valence-electron chi connectivity index (χ0n) is 16.7. The molecule has 0 spiro atoms. The SMILES string of the molecule is COc1ccc(CNC(=O)Cn2nc3cc(-c4ccccc4)nc(C)n3c2=O)cc1. The summed E-state index contributed by atoms with van der Waals surface area (Å²) < 4.78 is 7.68. The number of ether oxygens (including phenoxy) is 1. The van der Waals surface area contributed by atoms with E-state index in [4.69, 9.17) is 4.74 Å². The lowest BCUT2D eigenvalue weighted by molar-refractivity contribution is -0.122. The average molecular weight is 403 g/mol. The van der Waals surface area contributed by atoms with Crippen LogP contribution in [0.5, 0.6) is 5.75 Å². The van der Waals surface area contributed by atoms with Gasteiger partial charge >= 0.3 is 5.69 Å². The van der Waals surface area contributed by atoms with Crippen LogP contribution in [0.1, 0.15) is 11.4 Å². The molecule has 0 fully saturated rings. The van der Waals surface area contributed by atoms with Crippen LogP contribution in [0.4, 0.5) is 0 Å². The fraction of sp³-hybridized carbons (Fsp3) is 0.182. The molecule has 30 heavy (non-hydrogen) atoms. The maximum absolute atomic E-state index is 12.7. The molecule has 0 bridgehead atoms. The quantitative estimate of drug-likeness (QED) is 0.533. The highest BCUT2D eigenvalue weighted by Crippen LogP contribution is 2.18. The van der Waals surface area contributed by atoms with Crippen molar-refractivity contribution in [2.45, 2.75) is 20.0 Å². The molecule has 4 aromatic rings. The van der Waals surface area contributed by atoms with Crippen molar-refractivity contribution in [2.24, 2.45) is 0 Å². The number of aromatic nitrogens is 4. The monoisotopic (exact) mass is 403 g/mol. The molecule has 152 valence electrons. The van der Waals surface area contributed by atoms with Crippen molar-refractivity contribution in [3.63, 3.8) is 0 Å². The van der Waals surface area contributed by atoms with Crippen LogP contribution in [0.15, 0.2) is 65.5 Å². The van der Waals surface area contributed by atoms with Crippen molar-refractivity contribution >= 4 is 11.6 Å². The zero-order chi connectivity index (χ0) is 21.1. The molecule has 0 unspecified atom stereocenters. The lowest BCUT2D eigenvalue weighted by Crippen LogP contribution is -2.32. The molecule has 0 radical (unpaired) electrons. The molecule has 0 aliphatic carbocycles. The minimum atomic E-state index is -0.394. The van der Waals surface area contributed by atoms with E-state index in [1.54, 1.807) is 20.1 Å². The number of nitrogens with zero attached hydrogens (tertiary/aromatic N) is 4. The molecule has 2 heterocycles. The standard InChI is InChI=1S/C22H21N5O3/c1-15-24-19(17-6-4-3-5-7-17)12-20-25-26(22(29)27(15)20)14-21(28)23-13-16-8-10-18(30-2)11-9-16/h3-12H,13-14H2,1-2H3,(H,23,28). The summed E-state index contributed by atoms with van der Waals surface area (Å²) >= 11 is 0. The van der Waals surface area contributed by atoms with Gasteiger partial charge in [-0.2, -0.15) is 0 Å². The van der Waals surface area contributed by atoms with Crippen LogP contribution in [0.25, 0.3) is 16.9 Å². The van der Waals surface area contributed by atoms with Gasteiger partial charge < -0.3 is 10.1 Å². The minimum absolute atomic E-state index is 0.170. The molecule has 0 aliphatic rings. The first-order valence-electron chi connectivity index (χ1n) is 9.47. The lowest BCUT2D eigenvalue weighted by Gasteiger charge is -2.06. The molecule has 0 saturated heterocycles. The van der Waals surface area contributed by atoms with Crippen LogP contribution in [0.2, 0.25) is 0 Å². The van der Waals surface area contributed by atoms with Gasteiger partial charge in [0.2, 0.25) is 5.91 Å². The van der Waals surface area contributed by atoms with Gasteiger partial charge in [0.1, 0.15) is 18.1 Å². The molecular formula is C22H21N5O3. The fourth-order valence-electron chi connectivity index (χ4n) is 3.20. The van der Waals surface area contributed by atoms with Crippen molar-refractivity contribution in [2.75, 3.05) is 7.11 Å². The summed E-state index contributed by atoms with van der Waals surface area (Å²) in [7, 11) is 1.60. The number of carbonyl (C=O) groups excluding carboxylic acids is 1. The third kappa shape index (κ3) is 3.93. The number of rotatable bonds is 6. The van der Waals surface area contributed by atoms with Gasteiger partial charge in [-0.3, -0.25) is 4.79 Å². The Morgan fingerprint density at radius 2 is 1.83 bits per heavy atom. The summed E-state index contributed by atoms with van der Waals surface area (Å²) in [6.07, 6.45) is 0. The maximum Gasteiger partial charge on any atom is 0.352 e. The minimum Gasteiger partial charge on any atom is -0.497 e. The van der Waals surface area contributed by atoms with Gasteiger partial charge in [-0.1, -0.05) is 42.5 Å². The van der Waals surface area contributed by atoms with Gasteiger partial charge in [-0.25, -0.2) is 18.9 Å². The van der Waals surface area contributed by atoms with E-state index < -0.39 is 5.69 Å². The summed E-state index contributed by atoms with van der Waals surface area (Å²) in [4.78, 5) is 29.6. The number of fused-ring (bicyclic) bond motifs is 1. The Bertz CT molecular complexity index is 1240. The predicted octanol–water partition coefficient (Wildman–Crippen LogP) is 2.19. The van der Waals surface area contributed by atoms with Crippen LogP contribution in [0, 0.1) is 6.92 Å². The first kappa shape index (κ1) is 19.4. The summed E-state index contributed by atoms with van der Waals surface area (Å²) in [5.74, 6) is 0.964. The molecule has 8 heteroatoms. The predicted molar refractivity (Wildman–Crippen MR) is 112 cm³/mol. The van der Waals surface area contributed by atoms with Gasteiger partial charge in [0.25, 0.3) is 0 Å². The number of methoxy groups -OCH3 is 1. The number of hydrogen-bond acceptors (Lipinski definition) is 5. The Morgan fingerprint density at radius 1 is 1.10 bits per heavy atom. The van der Waals surface area contributed by atoms with E-state index in [9.17, 15) is 9.59 Å². The Morgan fingerprint density at radius 3 is 2.53 bits per heavy atom. The molecule has 2 aromatic carbocycles. The van der Waals surface area contributed by atoms with Gasteiger partial charge in [-0.05, 0) is 24.6 Å². The fourth-order valence-corrected chi connectivity index (χ4v) is 3.20. The first-order chi connectivity index (χ1) is 14.5. The highest BCUT2D eigenvalue weighted by molar-refractivity contribution is 5.75. The van der Waals surface area contributed by atoms with Crippen LogP contribution in [0.3, 0.4) is 0 Å². The van der Waals surface area contributed by atoms with Crippen LogP contribution < -0.4 is 15.7 Å². The Labute approximate surface area is 172 Å². The maximum atomic E-state index is 12.7. The highest BCUT2D eigenvalue weighted by Gasteiger charge is 2.14. The van der Waals surface area contributed by atoms with Crippen molar-refractivity contribution in [1.82, 2.24) is 24.5 Å². The zero-order valence-corrected chi connectivity index (χ0v) is 16.7. The van der Waals surface area contributed by atoms with Crippen LogP contribution in [-0.4, -0.2) is 32.2 Å². The molecule has 1 N–H and O–H groups in total. The normalized spacial score (nSPS) is 10.9. The van der Waals surface area contributed by atoms with E-state index in [-0.39, 0.29) is 12.5 Å². The van der Waals surface area contributed by atoms with Gasteiger partial charge in [-0.15, -0.1) is 5.10 Å². The average Bonchev–Trinajstić information content (AvgIpc) is 3.08. The van der Waals surface area contributed by atoms with Crippen molar-refractivity contribution in [3.05, 3.63) is 82.5 Å². The molecular weight excluding hydrogens is 382 g/mol. The van der Waals surface area contributed by atoms with E-state index >= 15 is 0 Å². The molecule has 8 nitrogen and oxygen atoms in total. The van der Waals surface area contributed by atoms with Gasteiger partial charge in [0.05, 0.1) is 12.8 Å². The Hall–Kier alpha value is -3.94. The van der Waals surface area contributed by atoms with Gasteiger partial charge in [0, 0.05) is 18.2 Å². The Kier molecular flexibility index (Phi) is 5.30. The third-order valence-electron chi connectivity index (χ3n) is 4.75. The van der Waals surface area contributed by atoms with E-state index in [1.807, 2.05) is 54.6 Å².